The van der Waals surface area contributed by atoms with Gasteiger partial charge < -0.3 is 63.6 Å². The first-order valence-corrected chi connectivity index (χ1v) is 23.6. The molecular formula is C48H69NO14. The second kappa shape index (κ2) is 17.5. The fourth-order valence-corrected chi connectivity index (χ4v) is 13.8. The first-order valence-electron chi connectivity index (χ1n) is 23.6. The average molecular weight is 884 g/mol. The van der Waals surface area contributed by atoms with Crippen molar-refractivity contribution in [1.82, 2.24) is 0 Å². The third kappa shape index (κ3) is 8.28. The molecule has 0 spiro atoms. The van der Waals surface area contributed by atoms with Crippen molar-refractivity contribution in [3.05, 3.63) is 41.5 Å². The zero-order chi connectivity index (χ0) is 44.6. The molecule has 19 atom stereocenters. The van der Waals surface area contributed by atoms with Crippen LogP contribution in [-0.4, -0.2) is 137 Å². The van der Waals surface area contributed by atoms with Crippen LogP contribution in [-0.2, 0) is 38.0 Å². The summed E-state index contributed by atoms with van der Waals surface area (Å²) < 4.78 is 43.4. The van der Waals surface area contributed by atoms with Crippen LogP contribution in [0.2, 0.25) is 0 Å². The number of hydrogen-bond donors (Lipinski definition) is 5. The van der Waals surface area contributed by atoms with Crippen LogP contribution in [0.4, 0.5) is 5.69 Å². The molecule has 15 heteroatoms. The van der Waals surface area contributed by atoms with Crippen molar-refractivity contribution in [2.45, 2.75) is 185 Å². The number of carboxylic acids is 1. The summed E-state index contributed by atoms with van der Waals surface area (Å²) in [5, 5.41) is 56.5. The number of aliphatic hydroxyl groups excluding tert-OH is 3. The van der Waals surface area contributed by atoms with Gasteiger partial charge in [-0.25, -0.2) is 9.59 Å². The molecule has 15 nitrogen and oxygen atoms in total. The zero-order valence-corrected chi connectivity index (χ0v) is 37.4. The van der Waals surface area contributed by atoms with E-state index in [-0.39, 0.29) is 66.4 Å². The van der Waals surface area contributed by atoms with Crippen molar-refractivity contribution in [2.75, 3.05) is 24.6 Å². The van der Waals surface area contributed by atoms with E-state index in [1.807, 2.05) is 27.7 Å². The van der Waals surface area contributed by atoms with Crippen LogP contribution in [0.15, 0.2) is 35.9 Å². The zero-order valence-electron chi connectivity index (χ0n) is 37.4. The number of esters is 1. The second-order valence-corrected chi connectivity index (χ2v) is 20.7. The lowest BCUT2D eigenvalue weighted by Gasteiger charge is -2.65. The Kier molecular flexibility index (Phi) is 12.6. The van der Waals surface area contributed by atoms with E-state index < -0.39 is 78.6 Å². The molecule has 0 bridgehead atoms. The molecule has 4 aliphatic heterocycles. The molecule has 4 aliphatic carbocycles. The fourth-order valence-electron chi connectivity index (χ4n) is 13.8. The Labute approximate surface area is 370 Å². The molecule has 5 N–H and O–H groups in total. The minimum absolute atomic E-state index is 0.0467. The Balaban J connectivity index is 0.750. The van der Waals surface area contributed by atoms with Crippen LogP contribution < -0.4 is 4.90 Å². The van der Waals surface area contributed by atoms with Crippen molar-refractivity contribution < 1.29 is 68.3 Å². The number of carbonyl (C=O) groups excluding carboxylic acids is 1. The third-order valence-corrected chi connectivity index (χ3v) is 17.3. The Morgan fingerprint density at radius 1 is 0.778 bits per heavy atom. The summed E-state index contributed by atoms with van der Waals surface area (Å²) in [5.41, 5.74) is 0.226. The highest BCUT2D eigenvalue weighted by molar-refractivity contribution is 5.88. The monoisotopic (exact) mass is 883 g/mol. The normalized spacial score (nSPS) is 47.7. The number of fused-ring (bicyclic) bond motifs is 5. The molecule has 63 heavy (non-hydrogen) atoms. The number of ether oxygens (including phenoxy) is 7. The lowest BCUT2D eigenvalue weighted by Crippen LogP contribution is -2.67. The summed E-state index contributed by atoms with van der Waals surface area (Å²) in [5.74, 6) is -0.775. The quantitative estimate of drug-likeness (QED) is 0.169. The number of carboxylic acid groups (broad SMARTS) is 1. The summed E-state index contributed by atoms with van der Waals surface area (Å²) in [6.07, 6.45) is 1.83. The van der Waals surface area contributed by atoms with Gasteiger partial charge in [-0.3, -0.25) is 0 Å². The third-order valence-electron chi connectivity index (χ3n) is 17.3. The van der Waals surface area contributed by atoms with Gasteiger partial charge in [-0.2, -0.15) is 0 Å². The number of aliphatic hydroxyl groups is 4. The lowest BCUT2D eigenvalue weighted by atomic mass is 9.42. The first-order chi connectivity index (χ1) is 30.0. The van der Waals surface area contributed by atoms with E-state index in [4.69, 9.17) is 33.2 Å². The van der Waals surface area contributed by atoms with E-state index in [1.54, 1.807) is 30.3 Å². The van der Waals surface area contributed by atoms with E-state index >= 15 is 0 Å². The van der Waals surface area contributed by atoms with Crippen molar-refractivity contribution in [3.8, 4) is 0 Å². The van der Waals surface area contributed by atoms with E-state index in [0.717, 1.165) is 49.8 Å². The Morgan fingerprint density at radius 3 is 2.08 bits per heavy atom. The first kappa shape index (κ1) is 45.5. The molecule has 1 aromatic rings. The molecule has 0 aromatic heterocycles. The molecule has 4 saturated carbocycles. The number of nitrogens with zero attached hydrogens (tertiary/aromatic N) is 1. The highest BCUT2D eigenvalue weighted by Gasteiger charge is 2.71. The number of cyclic esters (lactones) is 1. The Hall–Kier alpha value is -2.70. The van der Waals surface area contributed by atoms with Gasteiger partial charge in [-0.1, -0.05) is 13.8 Å². The fraction of sp³-hybridized carbons (Fsp3) is 0.792. The van der Waals surface area contributed by atoms with Crippen molar-refractivity contribution in [1.29, 1.82) is 0 Å². The smallest absolute Gasteiger partial charge is 0.335 e. The summed E-state index contributed by atoms with van der Waals surface area (Å²) in [6.45, 7) is 11.5. The predicted molar refractivity (Wildman–Crippen MR) is 226 cm³/mol. The Bertz CT molecular complexity index is 1840. The van der Waals surface area contributed by atoms with Gasteiger partial charge in [0.1, 0.15) is 18.8 Å². The topological polar surface area (TPSA) is 203 Å². The average Bonchev–Trinajstić information content (AvgIpc) is 3.72. The van der Waals surface area contributed by atoms with Crippen LogP contribution in [0.3, 0.4) is 0 Å². The van der Waals surface area contributed by atoms with Gasteiger partial charge in [-0.05, 0) is 131 Å². The summed E-state index contributed by atoms with van der Waals surface area (Å²) in [4.78, 5) is 25.4. The maximum Gasteiger partial charge on any atom is 0.335 e. The van der Waals surface area contributed by atoms with E-state index in [9.17, 15) is 35.1 Å². The molecule has 8 aliphatic rings. The maximum atomic E-state index is 12.6. The molecule has 3 saturated heterocycles. The summed E-state index contributed by atoms with van der Waals surface area (Å²) in [7, 11) is 0. The van der Waals surface area contributed by atoms with E-state index in [0.29, 0.717) is 38.3 Å². The Morgan fingerprint density at radius 2 is 1.44 bits per heavy atom. The minimum Gasteiger partial charge on any atom is -0.478 e. The highest BCUT2D eigenvalue weighted by Crippen LogP contribution is 2.70. The van der Waals surface area contributed by atoms with E-state index in [1.165, 1.54) is 0 Å². The number of aromatic carboxylic acids is 1. The standard InChI is InChI=1S/C48H69NO14/c1-25-23-49(31-9-6-28(7-10-31)45(54)55)17-14-40(58-25)62-43-26(2)60-42(22-37(43)51)63-44-27(3)59-41(21-36(44)50)61-32-12-15-46(4)30(19-32)8-11-34-35(46)20-38(52)47(5)33(13-16-48(34,47)56)29-18-39(53)57-24-29/h6-7,9-10,18,25-27,30,32-38,40-44,50-52,56H,8,11-17,19-24H2,1-5H3,(H,54,55)/t25?,26-,27?,30?,32+,33-,34-,35+,36+,37+,38?,40+,41+,42+,43-,44-,46?,47?,48?/m1/s1. The van der Waals surface area contributed by atoms with Crippen LogP contribution in [0.1, 0.15) is 116 Å². The maximum absolute atomic E-state index is 12.6. The van der Waals surface area contributed by atoms with Gasteiger partial charge in [0.05, 0.1) is 53.9 Å². The molecule has 4 heterocycles. The number of carbonyl (C=O) groups is 2. The van der Waals surface area contributed by atoms with Gasteiger partial charge in [0.25, 0.3) is 0 Å². The second-order valence-electron chi connectivity index (χ2n) is 20.7. The molecule has 9 rings (SSSR count). The van der Waals surface area contributed by atoms with Gasteiger partial charge in [0, 0.05) is 49.5 Å². The summed E-state index contributed by atoms with van der Waals surface area (Å²) >= 11 is 0. The largest absolute Gasteiger partial charge is 0.478 e. The molecule has 7 fully saturated rings. The molecule has 0 radical (unpaired) electrons. The molecule has 0 amide bonds. The van der Waals surface area contributed by atoms with Crippen LogP contribution >= 0.6 is 0 Å². The van der Waals surface area contributed by atoms with Gasteiger partial charge >= 0.3 is 11.9 Å². The SMILES string of the molecule is CC1CN(c2ccc(C(=O)O)cc2)CC[C@H](O[C@H]2[C@@H](O)C[C@H](O[C@@H]3C(C)O[C@@H](O[C@H]4CCC5(C)C(CC[C@@H]6[C@@H]5CC(O)C5(C)[C@@H](C7=CC(=O)OC7)CCC65O)C4)C[C@@H]3O)O[C@@H]2C)O1. The molecule has 7 unspecified atom stereocenters. The molecule has 1 aromatic carbocycles. The predicted octanol–water partition coefficient (Wildman–Crippen LogP) is 4.70. The minimum atomic E-state index is -1.02. The summed E-state index contributed by atoms with van der Waals surface area (Å²) in [6, 6.07) is 6.78. The van der Waals surface area contributed by atoms with Gasteiger partial charge in [-0.15, -0.1) is 0 Å². The van der Waals surface area contributed by atoms with Crippen LogP contribution in [0, 0.1) is 34.5 Å². The van der Waals surface area contributed by atoms with Crippen LogP contribution in [0.5, 0.6) is 0 Å². The van der Waals surface area contributed by atoms with Gasteiger partial charge in [0.2, 0.25) is 0 Å². The number of benzene rings is 1. The molecular weight excluding hydrogens is 815 g/mol. The molecule has 350 valence electrons. The number of hydrogen-bond acceptors (Lipinski definition) is 14. The van der Waals surface area contributed by atoms with Crippen molar-refractivity contribution in [3.63, 3.8) is 0 Å². The lowest BCUT2D eigenvalue weighted by molar-refractivity contribution is -0.329. The van der Waals surface area contributed by atoms with Crippen LogP contribution in [0.25, 0.3) is 0 Å². The van der Waals surface area contributed by atoms with Crippen molar-refractivity contribution in [2.24, 2.45) is 34.5 Å². The van der Waals surface area contributed by atoms with Gasteiger partial charge in [0.15, 0.2) is 18.9 Å². The van der Waals surface area contributed by atoms with E-state index in [2.05, 4.69) is 11.8 Å². The number of rotatable bonds is 9. The van der Waals surface area contributed by atoms with Crippen molar-refractivity contribution >= 4 is 17.6 Å². The number of anilines is 1. The highest BCUT2D eigenvalue weighted by atomic mass is 16.7.